The predicted octanol–water partition coefficient (Wildman–Crippen LogP) is 3.67. The molecule has 2 aromatic rings. The molecule has 0 atom stereocenters. The summed E-state index contributed by atoms with van der Waals surface area (Å²) in [6.07, 6.45) is 0. The topological polar surface area (TPSA) is 30.0 Å². The van der Waals surface area contributed by atoms with Gasteiger partial charge in [-0.3, -0.25) is 4.79 Å². The van der Waals surface area contributed by atoms with Crippen molar-refractivity contribution in [3.05, 3.63) is 40.4 Å². The molecule has 1 aromatic heterocycles. The number of hydrogen-bond acceptors (Lipinski definition) is 3. The normalized spacial score (nSPS) is 10.3. The predicted molar refractivity (Wildman–Crippen MR) is 62.6 cm³/mol. The Morgan fingerprint density at radius 1 is 1.40 bits per heavy atom. The molecule has 76 valence electrons. The molecular formula is C11H8ClNOS. The Labute approximate surface area is 96.5 Å². The van der Waals surface area contributed by atoms with E-state index >= 15 is 0 Å². The van der Waals surface area contributed by atoms with Crippen LogP contribution in [0.3, 0.4) is 0 Å². The zero-order valence-corrected chi connectivity index (χ0v) is 9.60. The van der Waals surface area contributed by atoms with Gasteiger partial charge in [0, 0.05) is 17.9 Å². The lowest BCUT2D eigenvalue weighted by molar-refractivity contribution is 0.101. The molecule has 2 nitrogen and oxygen atoms in total. The molecular weight excluding hydrogens is 230 g/mol. The summed E-state index contributed by atoms with van der Waals surface area (Å²) < 4.78 is 0. The van der Waals surface area contributed by atoms with Crippen LogP contribution >= 0.6 is 22.9 Å². The van der Waals surface area contributed by atoms with Gasteiger partial charge in [0.1, 0.15) is 10.7 Å². The Morgan fingerprint density at radius 2 is 2.13 bits per heavy atom. The molecule has 0 saturated heterocycles. The zero-order valence-electron chi connectivity index (χ0n) is 8.03. The molecule has 4 heteroatoms. The summed E-state index contributed by atoms with van der Waals surface area (Å²) in [6.45, 7) is 1.51. The van der Waals surface area contributed by atoms with E-state index in [4.69, 9.17) is 11.6 Å². The second kappa shape index (κ2) is 4.13. The SMILES string of the molecule is CC(=O)c1csc(-c2ccccc2Cl)n1. The lowest BCUT2D eigenvalue weighted by Crippen LogP contribution is -1.91. The van der Waals surface area contributed by atoms with E-state index in [1.807, 2.05) is 24.3 Å². The van der Waals surface area contributed by atoms with E-state index in [2.05, 4.69) is 4.98 Å². The van der Waals surface area contributed by atoms with Crippen LogP contribution in [0.2, 0.25) is 5.02 Å². The van der Waals surface area contributed by atoms with E-state index in [0.717, 1.165) is 10.6 Å². The van der Waals surface area contributed by atoms with Gasteiger partial charge in [-0.15, -0.1) is 11.3 Å². The van der Waals surface area contributed by atoms with Gasteiger partial charge in [-0.25, -0.2) is 4.98 Å². The van der Waals surface area contributed by atoms with E-state index < -0.39 is 0 Å². The van der Waals surface area contributed by atoms with Crippen LogP contribution in [0.4, 0.5) is 0 Å². The maximum atomic E-state index is 11.1. The minimum absolute atomic E-state index is 0.0236. The first-order chi connectivity index (χ1) is 7.18. The van der Waals surface area contributed by atoms with E-state index in [-0.39, 0.29) is 5.78 Å². The van der Waals surface area contributed by atoms with Gasteiger partial charge < -0.3 is 0 Å². The number of benzene rings is 1. The average molecular weight is 238 g/mol. The fourth-order valence-corrected chi connectivity index (χ4v) is 2.37. The molecule has 0 N–H and O–H groups in total. The summed E-state index contributed by atoms with van der Waals surface area (Å²) in [5.74, 6) is -0.0236. The van der Waals surface area contributed by atoms with Crippen molar-refractivity contribution in [1.29, 1.82) is 0 Å². The quantitative estimate of drug-likeness (QED) is 0.746. The third-order valence-electron chi connectivity index (χ3n) is 1.97. The third-order valence-corrected chi connectivity index (χ3v) is 3.17. The van der Waals surface area contributed by atoms with E-state index in [0.29, 0.717) is 10.7 Å². The van der Waals surface area contributed by atoms with Crippen molar-refractivity contribution >= 4 is 28.7 Å². The second-order valence-corrected chi connectivity index (χ2v) is 4.34. The Bertz CT molecular complexity index is 507. The number of carbonyl (C=O) groups is 1. The van der Waals surface area contributed by atoms with E-state index in [9.17, 15) is 4.79 Å². The van der Waals surface area contributed by atoms with Crippen LogP contribution in [0, 0.1) is 0 Å². The van der Waals surface area contributed by atoms with Gasteiger partial charge in [0.05, 0.1) is 5.02 Å². The Kier molecular flexibility index (Phi) is 2.84. The van der Waals surface area contributed by atoms with Gasteiger partial charge in [0.15, 0.2) is 5.78 Å². The maximum absolute atomic E-state index is 11.1. The first kappa shape index (κ1) is 10.3. The lowest BCUT2D eigenvalue weighted by atomic mass is 10.2. The average Bonchev–Trinajstić information content (AvgIpc) is 2.67. The van der Waals surface area contributed by atoms with Crippen molar-refractivity contribution in [3.8, 4) is 10.6 Å². The second-order valence-electron chi connectivity index (χ2n) is 3.07. The molecule has 1 heterocycles. The molecule has 0 spiro atoms. The molecule has 0 radical (unpaired) electrons. The van der Waals surface area contributed by atoms with Crippen LogP contribution in [0.15, 0.2) is 29.6 Å². The molecule has 0 fully saturated rings. The highest BCUT2D eigenvalue weighted by molar-refractivity contribution is 7.13. The van der Waals surface area contributed by atoms with Gasteiger partial charge >= 0.3 is 0 Å². The number of Topliss-reactive ketones (excluding diaryl/α,β-unsaturated/α-hetero) is 1. The molecule has 0 saturated carbocycles. The van der Waals surface area contributed by atoms with Crippen LogP contribution in [0.1, 0.15) is 17.4 Å². The smallest absolute Gasteiger partial charge is 0.178 e. The number of nitrogens with zero attached hydrogens (tertiary/aromatic N) is 1. The number of rotatable bonds is 2. The minimum atomic E-state index is -0.0236. The third kappa shape index (κ3) is 2.08. The first-order valence-electron chi connectivity index (χ1n) is 4.40. The highest BCUT2D eigenvalue weighted by atomic mass is 35.5. The van der Waals surface area contributed by atoms with E-state index in [1.54, 1.807) is 5.38 Å². The maximum Gasteiger partial charge on any atom is 0.178 e. The van der Waals surface area contributed by atoms with Gasteiger partial charge in [-0.05, 0) is 6.07 Å². The molecule has 15 heavy (non-hydrogen) atoms. The summed E-state index contributed by atoms with van der Waals surface area (Å²) in [6, 6.07) is 7.47. The van der Waals surface area contributed by atoms with Crippen molar-refractivity contribution in [3.63, 3.8) is 0 Å². The van der Waals surface area contributed by atoms with Gasteiger partial charge in [0.2, 0.25) is 0 Å². The number of aromatic nitrogens is 1. The highest BCUT2D eigenvalue weighted by Gasteiger charge is 2.09. The van der Waals surface area contributed by atoms with Crippen molar-refractivity contribution in [2.75, 3.05) is 0 Å². The zero-order chi connectivity index (χ0) is 10.8. The monoisotopic (exact) mass is 237 g/mol. The summed E-state index contributed by atoms with van der Waals surface area (Å²) in [5.41, 5.74) is 1.37. The number of carbonyl (C=O) groups excluding carboxylic acids is 1. The van der Waals surface area contributed by atoms with Crippen LogP contribution in [-0.2, 0) is 0 Å². The molecule has 0 bridgehead atoms. The summed E-state index contributed by atoms with van der Waals surface area (Å²) in [5, 5.41) is 3.19. The Hall–Kier alpha value is -1.19. The van der Waals surface area contributed by atoms with E-state index in [1.165, 1.54) is 18.3 Å². The van der Waals surface area contributed by atoms with Crippen molar-refractivity contribution in [1.82, 2.24) is 4.98 Å². The molecule has 1 aromatic carbocycles. The van der Waals surface area contributed by atoms with Crippen LogP contribution in [-0.4, -0.2) is 10.8 Å². The van der Waals surface area contributed by atoms with Crippen LogP contribution in [0.5, 0.6) is 0 Å². The molecule has 2 rings (SSSR count). The van der Waals surface area contributed by atoms with Gasteiger partial charge in [0.25, 0.3) is 0 Å². The fraction of sp³-hybridized carbons (Fsp3) is 0.0909. The minimum Gasteiger partial charge on any atom is -0.293 e. The lowest BCUT2D eigenvalue weighted by Gasteiger charge is -1.97. The largest absolute Gasteiger partial charge is 0.293 e. The van der Waals surface area contributed by atoms with Gasteiger partial charge in [-0.1, -0.05) is 29.8 Å². The Morgan fingerprint density at radius 3 is 2.73 bits per heavy atom. The number of ketones is 1. The molecule has 0 aliphatic carbocycles. The van der Waals surface area contributed by atoms with Crippen molar-refractivity contribution in [2.45, 2.75) is 6.92 Å². The van der Waals surface area contributed by atoms with Crippen LogP contribution in [0.25, 0.3) is 10.6 Å². The highest BCUT2D eigenvalue weighted by Crippen LogP contribution is 2.29. The fourth-order valence-electron chi connectivity index (χ4n) is 1.19. The summed E-state index contributed by atoms with van der Waals surface area (Å²) in [7, 11) is 0. The number of thiazole rings is 1. The van der Waals surface area contributed by atoms with Gasteiger partial charge in [-0.2, -0.15) is 0 Å². The Balaban J connectivity index is 2.46. The summed E-state index contributed by atoms with van der Waals surface area (Å²) >= 11 is 7.46. The molecule has 0 aliphatic heterocycles. The summed E-state index contributed by atoms with van der Waals surface area (Å²) in [4.78, 5) is 15.3. The first-order valence-corrected chi connectivity index (χ1v) is 5.65. The van der Waals surface area contributed by atoms with Crippen LogP contribution < -0.4 is 0 Å². The standard InChI is InChI=1S/C11H8ClNOS/c1-7(14)10-6-15-11(13-10)8-4-2-3-5-9(8)12/h2-6H,1H3. The molecule has 0 aliphatic rings. The van der Waals surface area contributed by atoms with Crippen molar-refractivity contribution in [2.24, 2.45) is 0 Å². The molecule has 0 unspecified atom stereocenters. The number of hydrogen-bond donors (Lipinski definition) is 0. The van der Waals surface area contributed by atoms with Crippen molar-refractivity contribution < 1.29 is 4.79 Å². The number of halogens is 1. The molecule has 0 amide bonds.